The quantitative estimate of drug-likeness (QED) is 0.782. The van der Waals surface area contributed by atoms with E-state index in [0.717, 1.165) is 11.6 Å². The molecule has 1 aromatic rings. The van der Waals surface area contributed by atoms with Crippen LogP contribution >= 0.6 is 0 Å². The van der Waals surface area contributed by atoms with Crippen LogP contribution in [0.15, 0.2) is 0 Å². The van der Waals surface area contributed by atoms with Crippen molar-refractivity contribution in [3.05, 3.63) is 11.4 Å². The fraction of sp³-hybridized carbons (Fsp3) is 0.786. The van der Waals surface area contributed by atoms with Gasteiger partial charge in [-0.1, -0.05) is 26.2 Å². The van der Waals surface area contributed by atoms with Crippen molar-refractivity contribution in [1.29, 1.82) is 0 Å². The zero-order valence-electron chi connectivity index (χ0n) is 11.3. The van der Waals surface area contributed by atoms with Crippen LogP contribution in [0.25, 0.3) is 0 Å². The monoisotopic (exact) mass is 235 g/mol. The molecule has 3 nitrogen and oxygen atoms in total. The molecule has 1 fully saturated rings. The van der Waals surface area contributed by atoms with Crippen LogP contribution in [-0.4, -0.2) is 16.2 Å². The van der Waals surface area contributed by atoms with Crippen molar-refractivity contribution in [2.75, 3.05) is 5.32 Å². The molecule has 1 aliphatic rings. The first-order valence-electron chi connectivity index (χ1n) is 6.98. The van der Waals surface area contributed by atoms with Gasteiger partial charge in [0.2, 0.25) is 0 Å². The Kier molecular flexibility index (Phi) is 4.08. The van der Waals surface area contributed by atoms with Gasteiger partial charge in [-0.3, -0.25) is 5.10 Å². The molecule has 0 amide bonds. The zero-order valence-corrected chi connectivity index (χ0v) is 11.3. The second-order valence-corrected chi connectivity index (χ2v) is 5.43. The van der Waals surface area contributed by atoms with Gasteiger partial charge in [-0.2, -0.15) is 5.10 Å². The van der Waals surface area contributed by atoms with Gasteiger partial charge in [0, 0.05) is 6.04 Å². The molecule has 3 heteroatoms. The molecule has 0 aliphatic heterocycles. The summed E-state index contributed by atoms with van der Waals surface area (Å²) in [6.07, 6.45) is 8.12. The Balaban J connectivity index is 1.95. The van der Waals surface area contributed by atoms with Gasteiger partial charge < -0.3 is 5.32 Å². The molecule has 0 bridgehead atoms. The Bertz CT molecular complexity index is 337. The van der Waals surface area contributed by atoms with Crippen molar-refractivity contribution in [2.24, 2.45) is 5.92 Å². The van der Waals surface area contributed by atoms with Gasteiger partial charge in [-0.05, 0) is 39.0 Å². The molecule has 17 heavy (non-hydrogen) atoms. The first kappa shape index (κ1) is 12.5. The summed E-state index contributed by atoms with van der Waals surface area (Å²) in [6, 6.07) is 0.640. The first-order chi connectivity index (χ1) is 8.20. The molecule has 2 rings (SSSR count). The van der Waals surface area contributed by atoms with E-state index >= 15 is 0 Å². The van der Waals surface area contributed by atoms with E-state index in [4.69, 9.17) is 0 Å². The molecule has 0 radical (unpaired) electrons. The van der Waals surface area contributed by atoms with Gasteiger partial charge in [0.25, 0.3) is 0 Å². The van der Waals surface area contributed by atoms with Crippen molar-refractivity contribution in [2.45, 2.75) is 65.3 Å². The van der Waals surface area contributed by atoms with Gasteiger partial charge in [-0.25, -0.2) is 0 Å². The maximum absolute atomic E-state index is 4.25. The van der Waals surface area contributed by atoms with Crippen molar-refractivity contribution in [1.82, 2.24) is 10.2 Å². The second-order valence-electron chi connectivity index (χ2n) is 5.43. The lowest BCUT2D eigenvalue weighted by Crippen LogP contribution is -2.19. The molecule has 0 saturated heterocycles. The maximum atomic E-state index is 4.25. The lowest BCUT2D eigenvalue weighted by Gasteiger charge is -2.18. The number of aromatic nitrogens is 2. The third-order valence-electron chi connectivity index (χ3n) is 4.14. The molecular formula is C14H25N3. The summed E-state index contributed by atoms with van der Waals surface area (Å²) in [5, 5.41) is 11.0. The molecule has 1 saturated carbocycles. The predicted molar refractivity (Wildman–Crippen MR) is 72.3 cm³/mol. The third kappa shape index (κ3) is 3.02. The molecule has 96 valence electrons. The number of H-pyrrole nitrogens is 1. The van der Waals surface area contributed by atoms with Crippen molar-refractivity contribution in [3.8, 4) is 0 Å². The zero-order chi connectivity index (χ0) is 12.3. The number of hydrogen-bond donors (Lipinski definition) is 2. The van der Waals surface area contributed by atoms with Crippen LogP contribution in [-0.2, 0) is 0 Å². The van der Waals surface area contributed by atoms with Crippen LogP contribution < -0.4 is 5.32 Å². The van der Waals surface area contributed by atoms with Crippen molar-refractivity contribution in [3.63, 3.8) is 0 Å². The van der Waals surface area contributed by atoms with E-state index < -0.39 is 0 Å². The minimum atomic E-state index is 0.640. The highest BCUT2D eigenvalue weighted by molar-refractivity contribution is 5.52. The SMILES string of the molecule is CCC1CCCC(Nc2c(C)n[nH]c2C)CC1. The standard InChI is InChI=1S/C14H25N3/c1-4-12-6-5-7-13(9-8-12)15-14-10(2)16-17-11(14)3/h12-13,15H,4-9H2,1-3H3,(H,16,17). The molecule has 0 aromatic carbocycles. The van der Waals surface area contributed by atoms with Gasteiger partial charge in [0.15, 0.2) is 0 Å². The van der Waals surface area contributed by atoms with E-state index in [1.54, 1.807) is 0 Å². The van der Waals surface area contributed by atoms with Crippen LogP contribution in [0, 0.1) is 19.8 Å². The molecule has 2 unspecified atom stereocenters. The number of nitrogens with zero attached hydrogens (tertiary/aromatic N) is 1. The fourth-order valence-corrected chi connectivity index (χ4v) is 2.90. The summed E-state index contributed by atoms with van der Waals surface area (Å²) in [7, 11) is 0. The average molecular weight is 235 g/mol. The number of rotatable bonds is 3. The minimum Gasteiger partial charge on any atom is -0.379 e. The lowest BCUT2D eigenvalue weighted by molar-refractivity contribution is 0.444. The molecule has 0 spiro atoms. The summed E-state index contributed by atoms with van der Waals surface area (Å²) < 4.78 is 0. The number of aryl methyl sites for hydroxylation is 2. The third-order valence-corrected chi connectivity index (χ3v) is 4.14. The number of nitrogens with one attached hydrogen (secondary N) is 2. The summed E-state index contributed by atoms with van der Waals surface area (Å²) >= 11 is 0. The predicted octanol–water partition coefficient (Wildman–Crippen LogP) is 3.80. The molecule has 2 atom stereocenters. The minimum absolute atomic E-state index is 0.640. The van der Waals surface area contributed by atoms with E-state index in [9.17, 15) is 0 Å². The van der Waals surface area contributed by atoms with Crippen molar-refractivity contribution >= 4 is 5.69 Å². The number of hydrogen-bond acceptors (Lipinski definition) is 2. The normalized spacial score (nSPS) is 25.6. The van der Waals surface area contributed by atoms with Crippen LogP contribution in [0.3, 0.4) is 0 Å². The molecule has 1 heterocycles. The highest BCUT2D eigenvalue weighted by Crippen LogP contribution is 2.28. The van der Waals surface area contributed by atoms with E-state index in [1.807, 2.05) is 0 Å². The Hall–Kier alpha value is -0.990. The van der Waals surface area contributed by atoms with Gasteiger partial charge in [0.1, 0.15) is 0 Å². The summed E-state index contributed by atoms with van der Waals surface area (Å²) in [5.74, 6) is 0.952. The van der Waals surface area contributed by atoms with E-state index in [2.05, 4.69) is 36.3 Å². The molecular weight excluding hydrogens is 210 g/mol. The highest BCUT2D eigenvalue weighted by Gasteiger charge is 2.19. The van der Waals surface area contributed by atoms with Crippen LogP contribution in [0.4, 0.5) is 5.69 Å². The van der Waals surface area contributed by atoms with Gasteiger partial charge >= 0.3 is 0 Å². The Labute approximate surface area is 104 Å². The van der Waals surface area contributed by atoms with Crippen LogP contribution in [0.1, 0.15) is 56.8 Å². The van der Waals surface area contributed by atoms with E-state index in [0.29, 0.717) is 6.04 Å². The van der Waals surface area contributed by atoms with Gasteiger partial charge in [-0.15, -0.1) is 0 Å². The fourth-order valence-electron chi connectivity index (χ4n) is 2.90. The van der Waals surface area contributed by atoms with E-state index in [-0.39, 0.29) is 0 Å². The Morgan fingerprint density at radius 2 is 2.06 bits per heavy atom. The first-order valence-corrected chi connectivity index (χ1v) is 6.98. The second kappa shape index (κ2) is 5.56. The topological polar surface area (TPSA) is 40.7 Å². The largest absolute Gasteiger partial charge is 0.379 e. The molecule has 1 aromatic heterocycles. The summed E-state index contributed by atoms with van der Waals surface area (Å²) in [4.78, 5) is 0. The Morgan fingerprint density at radius 3 is 2.71 bits per heavy atom. The number of anilines is 1. The summed E-state index contributed by atoms with van der Waals surface area (Å²) in [5.41, 5.74) is 3.49. The molecule has 1 aliphatic carbocycles. The highest BCUT2D eigenvalue weighted by atomic mass is 15.2. The number of aromatic amines is 1. The Morgan fingerprint density at radius 1 is 1.24 bits per heavy atom. The lowest BCUT2D eigenvalue weighted by atomic mass is 9.98. The van der Waals surface area contributed by atoms with Crippen molar-refractivity contribution < 1.29 is 0 Å². The summed E-state index contributed by atoms with van der Waals surface area (Å²) in [6.45, 7) is 6.48. The van der Waals surface area contributed by atoms with Crippen LogP contribution in [0.5, 0.6) is 0 Å². The van der Waals surface area contributed by atoms with E-state index in [1.165, 1.54) is 49.9 Å². The smallest absolute Gasteiger partial charge is 0.0825 e. The van der Waals surface area contributed by atoms with Crippen LogP contribution in [0.2, 0.25) is 0 Å². The average Bonchev–Trinajstić information content (AvgIpc) is 2.57. The van der Waals surface area contributed by atoms with Gasteiger partial charge in [0.05, 0.1) is 17.1 Å². The maximum Gasteiger partial charge on any atom is 0.0825 e. The molecule has 2 N–H and O–H groups in total.